The van der Waals surface area contributed by atoms with Crippen molar-refractivity contribution in [3.8, 4) is 0 Å². The molecule has 0 bridgehead atoms. The Labute approximate surface area is 124 Å². The summed E-state index contributed by atoms with van der Waals surface area (Å²) in [5, 5.41) is 11.7. The van der Waals surface area contributed by atoms with Crippen LogP contribution in [0.3, 0.4) is 0 Å². The topological polar surface area (TPSA) is 36.4 Å². The van der Waals surface area contributed by atoms with E-state index in [1.807, 2.05) is 18.2 Å². The average molecular weight is 291 g/mol. The van der Waals surface area contributed by atoms with Crippen LogP contribution in [0.5, 0.6) is 0 Å². The lowest BCUT2D eigenvalue weighted by Crippen LogP contribution is -2.42. The molecule has 2 heterocycles. The van der Waals surface area contributed by atoms with E-state index in [1.54, 1.807) is 0 Å². The van der Waals surface area contributed by atoms with Gasteiger partial charge in [0.05, 0.1) is 11.6 Å². The van der Waals surface area contributed by atoms with Gasteiger partial charge in [-0.1, -0.05) is 36.7 Å². The van der Waals surface area contributed by atoms with Crippen molar-refractivity contribution in [1.29, 1.82) is 0 Å². The van der Waals surface area contributed by atoms with E-state index in [9.17, 15) is 5.11 Å². The number of piperidine rings is 1. The first-order chi connectivity index (χ1) is 9.63. The molecule has 1 saturated heterocycles. The van der Waals surface area contributed by atoms with Crippen LogP contribution in [-0.4, -0.2) is 34.2 Å². The fourth-order valence-corrected chi connectivity index (χ4v) is 2.95. The van der Waals surface area contributed by atoms with Crippen LogP contribution in [0, 0.1) is 5.92 Å². The molecule has 0 amide bonds. The molecule has 0 aliphatic carbocycles. The summed E-state index contributed by atoms with van der Waals surface area (Å²) < 4.78 is 0. The predicted molar refractivity (Wildman–Crippen MR) is 81.8 cm³/mol. The van der Waals surface area contributed by atoms with E-state index >= 15 is 0 Å². The number of aliphatic hydroxyl groups is 1. The number of nitrogens with zero attached hydrogens (tertiary/aromatic N) is 2. The molecule has 0 spiro atoms. The molecule has 4 heteroatoms. The Kier molecular flexibility index (Phi) is 3.92. The number of likely N-dealkylation sites (tertiary alicyclic amines) is 1. The molecule has 1 N–H and O–H groups in total. The second kappa shape index (κ2) is 5.68. The number of para-hydroxylation sites is 1. The lowest BCUT2D eigenvalue weighted by Gasteiger charge is -2.34. The van der Waals surface area contributed by atoms with E-state index in [1.165, 1.54) is 0 Å². The number of aromatic nitrogens is 1. The summed E-state index contributed by atoms with van der Waals surface area (Å²) in [6.45, 7) is 4.57. The second-order valence-corrected chi connectivity index (χ2v) is 6.06. The lowest BCUT2D eigenvalue weighted by atomic mass is 9.96. The normalized spacial score (nSPS) is 24.1. The van der Waals surface area contributed by atoms with E-state index < -0.39 is 0 Å². The maximum Gasteiger partial charge on any atom is 0.134 e. The molecule has 1 aromatic carbocycles. The zero-order valence-corrected chi connectivity index (χ0v) is 12.3. The third kappa shape index (κ3) is 2.80. The summed E-state index contributed by atoms with van der Waals surface area (Å²) in [7, 11) is 0. The summed E-state index contributed by atoms with van der Waals surface area (Å²) in [6.07, 6.45) is 0.788. The maximum absolute atomic E-state index is 9.98. The monoisotopic (exact) mass is 290 g/mol. The highest BCUT2D eigenvalue weighted by atomic mass is 35.5. The van der Waals surface area contributed by atoms with Crippen LogP contribution in [-0.2, 0) is 6.54 Å². The number of hydrogen-bond donors (Lipinski definition) is 1. The van der Waals surface area contributed by atoms with Gasteiger partial charge in [0, 0.05) is 24.0 Å². The Morgan fingerprint density at radius 2 is 2.20 bits per heavy atom. The Morgan fingerprint density at radius 1 is 1.40 bits per heavy atom. The highest BCUT2D eigenvalue weighted by molar-refractivity contribution is 6.30. The molecule has 2 atom stereocenters. The van der Waals surface area contributed by atoms with Crippen LogP contribution in [0.4, 0.5) is 0 Å². The van der Waals surface area contributed by atoms with Crippen molar-refractivity contribution < 1.29 is 5.11 Å². The molecule has 3 rings (SSSR count). The maximum atomic E-state index is 9.98. The Bertz CT molecular complexity index is 616. The standard InChI is InChI=1S/C16H19ClN2O/c1-11-6-7-19(10-15(11)20)9-13-8-12-4-2-3-5-14(12)18-16(13)17/h2-5,8,11,15,20H,6-7,9-10H2,1H3. The Morgan fingerprint density at radius 3 is 3.00 bits per heavy atom. The minimum Gasteiger partial charge on any atom is -0.392 e. The van der Waals surface area contributed by atoms with Crippen LogP contribution < -0.4 is 0 Å². The largest absolute Gasteiger partial charge is 0.392 e. The van der Waals surface area contributed by atoms with Crippen molar-refractivity contribution in [2.75, 3.05) is 13.1 Å². The first-order valence-electron chi connectivity index (χ1n) is 7.08. The van der Waals surface area contributed by atoms with Gasteiger partial charge in [0.25, 0.3) is 0 Å². The number of fused-ring (bicyclic) bond motifs is 1. The Balaban J connectivity index is 1.82. The fraction of sp³-hybridized carbons (Fsp3) is 0.438. The molecule has 2 unspecified atom stereocenters. The van der Waals surface area contributed by atoms with Gasteiger partial charge in [-0.15, -0.1) is 0 Å². The van der Waals surface area contributed by atoms with Gasteiger partial charge in [0.1, 0.15) is 5.15 Å². The first kappa shape index (κ1) is 13.8. The molecule has 20 heavy (non-hydrogen) atoms. The van der Waals surface area contributed by atoms with Crippen LogP contribution in [0.15, 0.2) is 30.3 Å². The third-order valence-corrected chi connectivity index (χ3v) is 4.47. The van der Waals surface area contributed by atoms with Crippen molar-refractivity contribution in [2.24, 2.45) is 5.92 Å². The van der Waals surface area contributed by atoms with Crippen molar-refractivity contribution in [3.05, 3.63) is 41.0 Å². The molecule has 3 nitrogen and oxygen atoms in total. The van der Waals surface area contributed by atoms with Gasteiger partial charge < -0.3 is 5.11 Å². The highest BCUT2D eigenvalue weighted by Crippen LogP contribution is 2.24. The molecule has 0 saturated carbocycles. The molecule has 1 fully saturated rings. The van der Waals surface area contributed by atoms with E-state index in [0.29, 0.717) is 17.6 Å². The summed E-state index contributed by atoms with van der Waals surface area (Å²) in [5.74, 6) is 0.386. The van der Waals surface area contributed by atoms with Gasteiger partial charge in [0.2, 0.25) is 0 Å². The number of pyridine rings is 1. The highest BCUT2D eigenvalue weighted by Gasteiger charge is 2.24. The number of aliphatic hydroxyl groups excluding tert-OH is 1. The Hall–Kier alpha value is -1.16. The van der Waals surface area contributed by atoms with Crippen molar-refractivity contribution >= 4 is 22.5 Å². The minimum atomic E-state index is -0.240. The van der Waals surface area contributed by atoms with E-state index in [-0.39, 0.29) is 6.10 Å². The van der Waals surface area contributed by atoms with Crippen LogP contribution in [0.25, 0.3) is 10.9 Å². The molecule has 0 radical (unpaired) electrons. The van der Waals surface area contributed by atoms with Gasteiger partial charge >= 0.3 is 0 Å². The zero-order valence-electron chi connectivity index (χ0n) is 11.6. The quantitative estimate of drug-likeness (QED) is 0.864. The van der Waals surface area contributed by atoms with Gasteiger partial charge in [-0.2, -0.15) is 0 Å². The fourth-order valence-electron chi connectivity index (χ4n) is 2.75. The molecular formula is C16H19ClN2O. The summed E-state index contributed by atoms with van der Waals surface area (Å²) >= 11 is 6.29. The smallest absolute Gasteiger partial charge is 0.134 e. The van der Waals surface area contributed by atoms with Gasteiger partial charge in [0.15, 0.2) is 0 Å². The van der Waals surface area contributed by atoms with Crippen LogP contribution >= 0.6 is 11.6 Å². The number of benzene rings is 1. The number of β-amino-alcohol motifs (C(OH)–C–C–N with tert-alkyl or cyclic N) is 1. The van der Waals surface area contributed by atoms with E-state index in [4.69, 9.17) is 11.6 Å². The number of rotatable bonds is 2. The third-order valence-electron chi connectivity index (χ3n) is 4.15. The molecule has 1 aliphatic heterocycles. The minimum absolute atomic E-state index is 0.240. The zero-order chi connectivity index (χ0) is 14.1. The molecule has 2 aromatic rings. The molecule has 106 valence electrons. The SMILES string of the molecule is CC1CCN(Cc2cc3ccccc3nc2Cl)CC1O. The number of hydrogen-bond acceptors (Lipinski definition) is 3. The summed E-state index contributed by atoms with van der Waals surface area (Å²) in [4.78, 5) is 6.70. The van der Waals surface area contributed by atoms with E-state index in [2.05, 4.69) is 28.9 Å². The van der Waals surface area contributed by atoms with Gasteiger partial charge in [-0.3, -0.25) is 4.90 Å². The van der Waals surface area contributed by atoms with Crippen molar-refractivity contribution in [1.82, 2.24) is 9.88 Å². The van der Waals surface area contributed by atoms with Crippen molar-refractivity contribution in [2.45, 2.75) is 26.0 Å². The predicted octanol–water partition coefficient (Wildman–Crippen LogP) is 3.09. The second-order valence-electron chi connectivity index (χ2n) is 5.70. The van der Waals surface area contributed by atoms with Crippen LogP contribution in [0.1, 0.15) is 18.9 Å². The van der Waals surface area contributed by atoms with Crippen molar-refractivity contribution in [3.63, 3.8) is 0 Å². The summed E-state index contributed by atoms with van der Waals surface area (Å²) in [5.41, 5.74) is 1.96. The number of halogens is 1. The van der Waals surface area contributed by atoms with Gasteiger partial charge in [-0.05, 0) is 31.0 Å². The summed E-state index contributed by atoms with van der Waals surface area (Å²) in [6, 6.07) is 10.1. The van der Waals surface area contributed by atoms with E-state index in [0.717, 1.165) is 36.0 Å². The average Bonchev–Trinajstić information content (AvgIpc) is 2.44. The molecule has 1 aromatic heterocycles. The molecule has 1 aliphatic rings. The first-order valence-corrected chi connectivity index (χ1v) is 7.46. The van der Waals surface area contributed by atoms with Gasteiger partial charge in [-0.25, -0.2) is 4.98 Å². The van der Waals surface area contributed by atoms with Crippen LogP contribution in [0.2, 0.25) is 5.15 Å². The molecular weight excluding hydrogens is 272 g/mol. The lowest BCUT2D eigenvalue weighted by molar-refractivity contribution is 0.0259.